The lowest BCUT2D eigenvalue weighted by Crippen LogP contribution is -2.43. The molecule has 5 aliphatic rings. The Balaban J connectivity index is 1.29. The minimum absolute atomic E-state index is 0.0873. The van der Waals surface area contributed by atoms with Crippen LogP contribution in [0.5, 0.6) is 0 Å². The molecule has 148 valence electrons. The van der Waals surface area contributed by atoms with Crippen molar-refractivity contribution in [2.45, 2.75) is 70.1 Å². The summed E-state index contributed by atoms with van der Waals surface area (Å²) < 4.78 is 13.8. The Morgan fingerprint density at radius 2 is 2.11 bits per heavy atom. The maximum atomic E-state index is 13.8. The van der Waals surface area contributed by atoms with Crippen LogP contribution in [0.3, 0.4) is 0 Å². The average Bonchev–Trinajstić information content (AvgIpc) is 3.39. The van der Waals surface area contributed by atoms with Gasteiger partial charge in [0, 0.05) is 37.5 Å². The Hall–Kier alpha value is -0.970. The van der Waals surface area contributed by atoms with Crippen LogP contribution in [-0.2, 0) is 0 Å². The SMILES string of the molecule is CC1=C(F)CCC(C2NCCC2C2CC3CNC(C4C=CCCC4)N3C2)=C1. The highest BCUT2D eigenvalue weighted by Crippen LogP contribution is 2.42. The number of fused-ring (bicyclic) bond motifs is 1. The van der Waals surface area contributed by atoms with Gasteiger partial charge in [0.2, 0.25) is 0 Å². The van der Waals surface area contributed by atoms with E-state index in [9.17, 15) is 4.39 Å². The summed E-state index contributed by atoms with van der Waals surface area (Å²) in [5, 5.41) is 7.59. The van der Waals surface area contributed by atoms with E-state index in [0.29, 0.717) is 24.5 Å². The molecule has 0 spiro atoms. The maximum Gasteiger partial charge on any atom is 0.103 e. The van der Waals surface area contributed by atoms with Gasteiger partial charge in [-0.2, -0.15) is 0 Å². The topological polar surface area (TPSA) is 27.3 Å². The molecule has 2 N–H and O–H groups in total. The molecule has 0 aromatic heterocycles. The van der Waals surface area contributed by atoms with Crippen molar-refractivity contribution in [3.05, 3.63) is 35.2 Å². The van der Waals surface area contributed by atoms with Crippen LogP contribution in [0.4, 0.5) is 4.39 Å². The highest BCUT2D eigenvalue weighted by molar-refractivity contribution is 5.33. The number of hydrogen-bond donors (Lipinski definition) is 2. The average molecular weight is 372 g/mol. The van der Waals surface area contributed by atoms with Crippen LogP contribution in [-0.4, -0.2) is 42.8 Å². The Morgan fingerprint density at radius 3 is 2.93 bits per heavy atom. The molecule has 0 aromatic rings. The minimum atomic E-state index is 0.0873. The van der Waals surface area contributed by atoms with Gasteiger partial charge in [0.1, 0.15) is 5.83 Å². The summed E-state index contributed by atoms with van der Waals surface area (Å²) in [4.78, 5) is 2.79. The molecule has 2 aliphatic carbocycles. The first kappa shape index (κ1) is 18.1. The van der Waals surface area contributed by atoms with Crippen molar-refractivity contribution in [1.82, 2.24) is 15.5 Å². The van der Waals surface area contributed by atoms with Crippen molar-refractivity contribution >= 4 is 0 Å². The lowest BCUT2D eigenvalue weighted by Gasteiger charge is -2.33. The second kappa shape index (κ2) is 7.46. The third-order valence-electron chi connectivity index (χ3n) is 7.84. The third-order valence-corrected chi connectivity index (χ3v) is 7.84. The van der Waals surface area contributed by atoms with Gasteiger partial charge in [0.05, 0.1) is 6.17 Å². The first-order valence-electron chi connectivity index (χ1n) is 11.2. The fourth-order valence-corrected chi connectivity index (χ4v) is 6.47. The highest BCUT2D eigenvalue weighted by atomic mass is 19.1. The summed E-state index contributed by atoms with van der Waals surface area (Å²) in [5.74, 6) is 2.28. The highest BCUT2D eigenvalue weighted by Gasteiger charge is 2.47. The van der Waals surface area contributed by atoms with E-state index in [1.807, 2.05) is 6.92 Å². The normalized spacial score (nSPS) is 42.7. The largest absolute Gasteiger partial charge is 0.310 e. The first-order chi connectivity index (χ1) is 13.2. The van der Waals surface area contributed by atoms with Crippen LogP contribution in [0.25, 0.3) is 0 Å². The Kier molecular flexibility index (Phi) is 4.99. The molecular formula is C23H34FN3. The zero-order valence-electron chi connectivity index (χ0n) is 16.6. The quantitative estimate of drug-likeness (QED) is 0.737. The van der Waals surface area contributed by atoms with Gasteiger partial charge < -0.3 is 5.32 Å². The minimum Gasteiger partial charge on any atom is -0.310 e. The lowest BCUT2D eigenvalue weighted by molar-refractivity contribution is 0.170. The summed E-state index contributed by atoms with van der Waals surface area (Å²) in [6.45, 7) is 5.45. The molecular weight excluding hydrogens is 337 g/mol. The second-order valence-electron chi connectivity index (χ2n) is 9.41. The molecule has 0 saturated carbocycles. The molecule has 0 radical (unpaired) electrons. The van der Waals surface area contributed by atoms with Gasteiger partial charge >= 0.3 is 0 Å². The number of rotatable bonds is 3. The molecule has 0 bridgehead atoms. The Morgan fingerprint density at radius 1 is 1.19 bits per heavy atom. The van der Waals surface area contributed by atoms with Crippen LogP contribution in [0.1, 0.15) is 51.9 Å². The van der Waals surface area contributed by atoms with Crippen molar-refractivity contribution in [1.29, 1.82) is 0 Å². The Labute approximate surface area is 163 Å². The second-order valence-corrected chi connectivity index (χ2v) is 9.41. The van der Waals surface area contributed by atoms with Crippen LogP contribution >= 0.6 is 0 Å². The molecule has 3 aliphatic heterocycles. The Bertz CT molecular complexity index is 667. The van der Waals surface area contributed by atoms with Gasteiger partial charge in [-0.3, -0.25) is 10.2 Å². The number of nitrogens with zero attached hydrogens (tertiary/aromatic N) is 1. The number of nitrogens with one attached hydrogen (secondary N) is 2. The molecule has 0 aromatic carbocycles. The van der Waals surface area contributed by atoms with Crippen molar-refractivity contribution < 1.29 is 4.39 Å². The standard InChI is InChI=1S/C23H34FN3/c1-15-11-17(7-8-21(15)24)22-20(9-10-25-22)18-12-19-13-26-23(27(19)14-18)16-5-3-2-4-6-16/h3,5,11,16,18-20,22-23,25-26H,2,4,6-10,12-14H2,1H3. The zero-order chi connectivity index (χ0) is 18.4. The molecule has 6 atom stereocenters. The predicted octanol–water partition coefficient (Wildman–Crippen LogP) is 3.90. The van der Waals surface area contributed by atoms with Gasteiger partial charge in [-0.05, 0) is 69.4 Å². The van der Waals surface area contributed by atoms with Gasteiger partial charge in [-0.1, -0.05) is 23.8 Å². The van der Waals surface area contributed by atoms with Gasteiger partial charge in [0.15, 0.2) is 0 Å². The third kappa shape index (κ3) is 3.34. The van der Waals surface area contributed by atoms with Crippen LogP contribution < -0.4 is 10.6 Å². The summed E-state index contributed by atoms with van der Waals surface area (Å²) in [5.41, 5.74) is 2.30. The van der Waals surface area contributed by atoms with Gasteiger partial charge in [-0.25, -0.2) is 4.39 Å². The summed E-state index contributed by atoms with van der Waals surface area (Å²) >= 11 is 0. The van der Waals surface area contributed by atoms with E-state index in [2.05, 4.69) is 33.8 Å². The molecule has 27 heavy (non-hydrogen) atoms. The van der Waals surface area contributed by atoms with Gasteiger partial charge in [0.25, 0.3) is 0 Å². The van der Waals surface area contributed by atoms with Crippen molar-refractivity contribution in [3.8, 4) is 0 Å². The summed E-state index contributed by atoms with van der Waals surface area (Å²) in [7, 11) is 0. The van der Waals surface area contributed by atoms with E-state index in [1.165, 1.54) is 44.2 Å². The molecule has 3 saturated heterocycles. The molecule has 6 unspecified atom stereocenters. The van der Waals surface area contributed by atoms with Crippen LogP contribution in [0.2, 0.25) is 0 Å². The van der Waals surface area contributed by atoms with E-state index in [0.717, 1.165) is 43.0 Å². The summed E-state index contributed by atoms with van der Waals surface area (Å²) in [6, 6.07) is 1.19. The number of hydrogen-bond acceptors (Lipinski definition) is 3. The maximum absolute atomic E-state index is 13.8. The molecule has 3 fully saturated rings. The van der Waals surface area contributed by atoms with Crippen molar-refractivity contribution in [3.63, 3.8) is 0 Å². The fourth-order valence-electron chi connectivity index (χ4n) is 6.47. The molecule has 5 rings (SSSR count). The predicted molar refractivity (Wildman–Crippen MR) is 108 cm³/mol. The molecule has 3 nitrogen and oxygen atoms in total. The monoisotopic (exact) mass is 371 g/mol. The van der Waals surface area contributed by atoms with E-state index in [4.69, 9.17) is 0 Å². The summed E-state index contributed by atoms with van der Waals surface area (Å²) in [6.07, 6.45) is 15.6. The van der Waals surface area contributed by atoms with E-state index in [-0.39, 0.29) is 5.83 Å². The number of allylic oxidation sites excluding steroid dienone is 4. The van der Waals surface area contributed by atoms with E-state index < -0.39 is 0 Å². The van der Waals surface area contributed by atoms with Crippen molar-refractivity contribution in [2.75, 3.05) is 19.6 Å². The number of halogens is 1. The van der Waals surface area contributed by atoms with E-state index in [1.54, 1.807) is 0 Å². The fraction of sp³-hybridized carbons (Fsp3) is 0.739. The zero-order valence-corrected chi connectivity index (χ0v) is 16.6. The molecule has 4 heteroatoms. The molecule has 3 heterocycles. The van der Waals surface area contributed by atoms with Gasteiger partial charge in [-0.15, -0.1) is 0 Å². The first-order valence-corrected chi connectivity index (χ1v) is 11.2. The van der Waals surface area contributed by atoms with E-state index >= 15 is 0 Å². The lowest BCUT2D eigenvalue weighted by atomic mass is 9.79. The van der Waals surface area contributed by atoms with Crippen LogP contribution in [0.15, 0.2) is 35.2 Å². The van der Waals surface area contributed by atoms with Crippen molar-refractivity contribution in [2.24, 2.45) is 17.8 Å². The smallest absolute Gasteiger partial charge is 0.103 e. The molecule has 0 amide bonds. The van der Waals surface area contributed by atoms with Crippen LogP contribution in [0, 0.1) is 17.8 Å².